The zero-order valence-electron chi connectivity index (χ0n) is 8.66. The molecule has 0 aliphatic carbocycles. The van der Waals surface area contributed by atoms with Gasteiger partial charge in [0.2, 0.25) is 11.8 Å². The third-order valence-corrected chi connectivity index (χ3v) is 1.70. The second-order valence-electron chi connectivity index (χ2n) is 2.94. The lowest BCUT2D eigenvalue weighted by Gasteiger charge is -2.21. The van der Waals surface area contributed by atoms with Gasteiger partial charge in [-0.05, 0) is 0 Å². The number of aliphatic hydroxyl groups excluding tert-OH is 1. The molecule has 6 nitrogen and oxygen atoms in total. The Morgan fingerprint density at radius 3 is 2.50 bits per heavy atom. The minimum Gasteiger partial charge on any atom is -0.395 e. The van der Waals surface area contributed by atoms with Crippen LogP contribution in [0.4, 0.5) is 8.78 Å². The number of rotatable bonds is 7. The predicted octanol–water partition coefficient (Wildman–Crippen LogP) is -1.85. The van der Waals surface area contributed by atoms with Gasteiger partial charge in [0.1, 0.15) is 0 Å². The van der Waals surface area contributed by atoms with E-state index in [1.54, 1.807) is 0 Å². The Labute approximate surface area is 91.4 Å². The van der Waals surface area contributed by atoms with Gasteiger partial charge in [0.05, 0.1) is 26.2 Å². The van der Waals surface area contributed by atoms with Gasteiger partial charge in [0, 0.05) is 6.54 Å². The number of hydrogen-bond acceptors (Lipinski definition) is 4. The van der Waals surface area contributed by atoms with Crippen molar-refractivity contribution < 1.29 is 23.5 Å². The highest BCUT2D eigenvalue weighted by Crippen LogP contribution is 1.98. The topological polar surface area (TPSA) is 95.7 Å². The van der Waals surface area contributed by atoms with Crippen molar-refractivity contribution in [2.24, 2.45) is 5.73 Å². The van der Waals surface area contributed by atoms with Gasteiger partial charge >= 0.3 is 0 Å². The quantitative estimate of drug-likeness (QED) is 0.486. The van der Waals surface area contributed by atoms with Crippen LogP contribution in [0.25, 0.3) is 0 Å². The minimum absolute atomic E-state index is 0.193. The predicted molar refractivity (Wildman–Crippen MR) is 51.7 cm³/mol. The average molecular weight is 239 g/mol. The monoisotopic (exact) mass is 239 g/mol. The van der Waals surface area contributed by atoms with Crippen molar-refractivity contribution in [2.75, 3.05) is 32.8 Å². The van der Waals surface area contributed by atoms with Crippen LogP contribution in [0.2, 0.25) is 0 Å². The molecule has 8 heteroatoms. The van der Waals surface area contributed by atoms with E-state index in [9.17, 15) is 18.4 Å². The number of alkyl halides is 2. The highest BCUT2D eigenvalue weighted by atomic mass is 19.3. The first-order valence-corrected chi connectivity index (χ1v) is 4.64. The Hall–Kier alpha value is -1.28. The van der Waals surface area contributed by atoms with Crippen LogP contribution in [0.15, 0.2) is 0 Å². The van der Waals surface area contributed by atoms with E-state index in [-0.39, 0.29) is 13.1 Å². The van der Waals surface area contributed by atoms with E-state index in [0.717, 1.165) is 4.90 Å². The fourth-order valence-electron chi connectivity index (χ4n) is 0.963. The van der Waals surface area contributed by atoms with Crippen molar-refractivity contribution in [3.63, 3.8) is 0 Å². The highest BCUT2D eigenvalue weighted by molar-refractivity contribution is 5.85. The largest absolute Gasteiger partial charge is 0.395 e. The number of halogens is 2. The summed E-state index contributed by atoms with van der Waals surface area (Å²) < 4.78 is 24.1. The lowest BCUT2D eigenvalue weighted by molar-refractivity contribution is -0.134. The van der Waals surface area contributed by atoms with Crippen LogP contribution in [-0.2, 0) is 9.59 Å². The molecule has 0 bridgehead atoms. The molecule has 4 N–H and O–H groups in total. The van der Waals surface area contributed by atoms with E-state index >= 15 is 0 Å². The molecule has 0 aromatic carbocycles. The van der Waals surface area contributed by atoms with Gasteiger partial charge in [0.15, 0.2) is 0 Å². The van der Waals surface area contributed by atoms with Crippen molar-refractivity contribution in [1.29, 1.82) is 0 Å². The Morgan fingerprint density at radius 2 is 2.06 bits per heavy atom. The molecule has 0 saturated carbocycles. The van der Waals surface area contributed by atoms with Crippen LogP contribution < -0.4 is 11.1 Å². The number of nitrogens with two attached hydrogens (primary N) is 1. The number of nitrogens with zero attached hydrogens (tertiary/aromatic N) is 1. The van der Waals surface area contributed by atoms with Crippen LogP contribution in [0.1, 0.15) is 0 Å². The molecule has 0 rings (SSSR count). The summed E-state index contributed by atoms with van der Waals surface area (Å²) in [5.41, 5.74) is 4.98. The van der Waals surface area contributed by atoms with Crippen molar-refractivity contribution in [3.8, 4) is 0 Å². The number of amides is 2. The van der Waals surface area contributed by atoms with Crippen molar-refractivity contribution >= 4 is 11.8 Å². The van der Waals surface area contributed by atoms with E-state index < -0.39 is 37.9 Å². The first-order valence-electron chi connectivity index (χ1n) is 4.64. The maximum atomic E-state index is 12.1. The zero-order valence-corrected chi connectivity index (χ0v) is 8.66. The fourth-order valence-corrected chi connectivity index (χ4v) is 0.963. The first-order chi connectivity index (χ1) is 7.51. The van der Waals surface area contributed by atoms with Crippen LogP contribution in [-0.4, -0.2) is 61.0 Å². The minimum atomic E-state index is -2.68. The molecule has 0 saturated heterocycles. The third-order valence-electron chi connectivity index (χ3n) is 1.70. The van der Waals surface area contributed by atoms with Crippen LogP contribution in [0.5, 0.6) is 0 Å². The van der Waals surface area contributed by atoms with Crippen molar-refractivity contribution in [2.45, 2.75) is 6.43 Å². The van der Waals surface area contributed by atoms with E-state index in [0.29, 0.717) is 0 Å². The van der Waals surface area contributed by atoms with Gasteiger partial charge in [-0.1, -0.05) is 0 Å². The maximum Gasteiger partial charge on any atom is 0.255 e. The normalized spacial score (nSPS) is 10.3. The van der Waals surface area contributed by atoms with Gasteiger partial charge in [0.25, 0.3) is 6.43 Å². The van der Waals surface area contributed by atoms with Crippen LogP contribution in [0.3, 0.4) is 0 Å². The van der Waals surface area contributed by atoms with Gasteiger partial charge < -0.3 is 21.1 Å². The van der Waals surface area contributed by atoms with E-state index in [1.807, 2.05) is 0 Å². The molecule has 94 valence electrons. The molecule has 0 aromatic rings. The Bertz CT molecular complexity index is 239. The van der Waals surface area contributed by atoms with Crippen LogP contribution in [0, 0.1) is 0 Å². The smallest absolute Gasteiger partial charge is 0.255 e. The molecule has 0 radical (unpaired) electrons. The fraction of sp³-hybridized carbons (Fsp3) is 0.750. The lowest BCUT2D eigenvalue weighted by Crippen LogP contribution is -2.44. The second-order valence-corrected chi connectivity index (χ2v) is 2.94. The summed E-state index contributed by atoms with van der Waals surface area (Å²) in [5, 5.41) is 10.7. The molecule has 0 spiro atoms. The summed E-state index contributed by atoms with van der Waals surface area (Å²) in [7, 11) is 0. The SMILES string of the molecule is NCC(=O)NCC(=O)N(CCO)CC(F)F. The summed E-state index contributed by atoms with van der Waals surface area (Å²) in [5.74, 6) is -1.23. The standard InChI is InChI=1S/C8H15F2N3O3/c9-6(10)5-13(1-2-14)8(16)4-12-7(15)3-11/h6,14H,1-5,11H2,(H,12,15). The number of hydrogen-bond donors (Lipinski definition) is 3. The molecule has 0 aliphatic rings. The molecule has 0 unspecified atom stereocenters. The Kier molecular flexibility index (Phi) is 7.31. The van der Waals surface area contributed by atoms with Crippen molar-refractivity contribution in [1.82, 2.24) is 10.2 Å². The summed E-state index contributed by atoms with van der Waals surface area (Å²) >= 11 is 0. The van der Waals surface area contributed by atoms with E-state index in [1.165, 1.54) is 0 Å². The summed E-state index contributed by atoms with van der Waals surface area (Å²) in [4.78, 5) is 22.8. The molecule has 2 amide bonds. The Balaban J connectivity index is 4.10. The summed E-state index contributed by atoms with van der Waals surface area (Å²) in [6.45, 7) is -2.05. The van der Waals surface area contributed by atoms with Gasteiger partial charge in [-0.2, -0.15) is 0 Å². The molecule has 0 aromatic heterocycles. The number of aliphatic hydroxyl groups is 1. The maximum absolute atomic E-state index is 12.1. The van der Waals surface area contributed by atoms with E-state index in [4.69, 9.17) is 10.8 Å². The zero-order chi connectivity index (χ0) is 12.6. The summed E-state index contributed by atoms with van der Waals surface area (Å²) in [6, 6.07) is 0. The molecular formula is C8H15F2N3O3. The molecule has 16 heavy (non-hydrogen) atoms. The molecule has 0 atom stereocenters. The molecule has 0 heterocycles. The third kappa shape index (κ3) is 6.25. The number of nitrogens with one attached hydrogen (secondary N) is 1. The average Bonchev–Trinajstić information content (AvgIpc) is 2.24. The van der Waals surface area contributed by atoms with E-state index in [2.05, 4.69) is 5.32 Å². The number of carbonyl (C=O) groups is 2. The van der Waals surface area contributed by atoms with Crippen molar-refractivity contribution in [3.05, 3.63) is 0 Å². The first kappa shape index (κ1) is 14.7. The highest BCUT2D eigenvalue weighted by Gasteiger charge is 2.17. The van der Waals surface area contributed by atoms with Gasteiger partial charge in [-0.15, -0.1) is 0 Å². The second kappa shape index (κ2) is 7.94. The summed E-state index contributed by atoms with van der Waals surface area (Å²) in [6.07, 6.45) is -2.68. The van der Waals surface area contributed by atoms with Gasteiger partial charge in [-0.3, -0.25) is 9.59 Å². The molecule has 0 aliphatic heterocycles. The molecule has 0 fully saturated rings. The number of carbonyl (C=O) groups excluding carboxylic acids is 2. The lowest BCUT2D eigenvalue weighted by atomic mass is 10.4. The van der Waals surface area contributed by atoms with Gasteiger partial charge in [-0.25, -0.2) is 8.78 Å². The Morgan fingerprint density at radius 1 is 1.44 bits per heavy atom. The molecular weight excluding hydrogens is 224 g/mol. The van der Waals surface area contributed by atoms with Crippen LogP contribution >= 0.6 is 0 Å².